The molecule has 0 bridgehead atoms. The highest BCUT2D eigenvalue weighted by molar-refractivity contribution is 7.46. The Morgan fingerprint density at radius 2 is 1.45 bits per heavy atom. The topological polar surface area (TPSA) is 203 Å². The van der Waals surface area contributed by atoms with Crippen LogP contribution in [0.2, 0.25) is 0 Å². The van der Waals surface area contributed by atoms with Crippen LogP contribution in [0.5, 0.6) is 0 Å². The van der Waals surface area contributed by atoms with Crippen LogP contribution < -0.4 is 5.32 Å². The monoisotopic (exact) mass is 477 g/mol. The van der Waals surface area contributed by atoms with Crippen LogP contribution in [0.4, 0.5) is 0 Å². The third kappa shape index (κ3) is 12.2. The zero-order valence-electron chi connectivity index (χ0n) is 17.2. The maximum atomic E-state index is 11.3. The number of phosphoric acid groups is 1. The van der Waals surface area contributed by atoms with Gasteiger partial charge in [0.15, 0.2) is 6.29 Å². The van der Waals surface area contributed by atoms with Gasteiger partial charge in [-0.25, -0.2) is 4.57 Å². The Labute approximate surface area is 179 Å². The summed E-state index contributed by atoms with van der Waals surface area (Å²) in [6, 6.07) is -1.01. The molecule has 15 heteroatoms. The van der Waals surface area contributed by atoms with Gasteiger partial charge in [-0.3, -0.25) is 9.32 Å². The summed E-state index contributed by atoms with van der Waals surface area (Å²) in [5.74, 6) is -0.442. The minimum Gasteiger partial charge on any atom is -0.394 e. The molecule has 5 atom stereocenters. The number of aliphatic hydroxyl groups is 3. The van der Waals surface area contributed by atoms with Crippen LogP contribution in [0.25, 0.3) is 0 Å². The van der Waals surface area contributed by atoms with Crippen LogP contribution in [0.1, 0.15) is 6.92 Å². The molecule has 0 unspecified atom stereocenters. The van der Waals surface area contributed by atoms with E-state index in [1.54, 1.807) is 0 Å². The Kier molecular flexibility index (Phi) is 13.8. The van der Waals surface area contributed by atoms with E-state index in [0.29, 0.717) is 0 Å². The zero-order valence-corrected chi connectivity index (χ0v) is 18.1. The third-order valence-corrected chi connectivity index (χ3v) is 4.51. The van der Waals surface area contributed by atoms with Crippen molar-refractivity contribution in [2.24, 2.45) is 0 Å². The van der Waals surface area contributed by atoms with Crippen molar-refractivity contribution in [2.75, 3.05) is 59.5 Å². The average Bonchev–Trinajstić information content (AvgIpc) is 2.69. The fourth-order valence-electron chi connectivity index (χ4n) is 2.59. The van der Waals surface area contributed by atoms with E-state index < -0.39 is 51.0 Å². The summed E-state index contributed by atoms with van der Waals surface area (Å²) in [5, 5.41) is 31.8. The van der Waals surface area contributed by atoms with Crippen LogP contribution >= 0.6 is 7.82 Å². The first-order valence-electron chi connectivity index (χ1n) is 9.60. The SMILES string of the molecule is CC(=O)N[C@@H]1[C@@H](OCCOCCOCCOCCOP(=O)(O)O)O[C@H](CO)[C@@H](O)[C@@H]1O. The summed E-state index contributed by atoms with van der Waals surface area (Å²) in [4.78, 5) is 28.3. The fraction of sp³-hybridized carbons (Fsp3) is 0.938. The third-order valence-electron chi connectivity index (χ3n) is 3.99. The fourth-order valence-corrected chi connectivity index (χ4v) is 2.91. The standard InChI is InChI=1S/C16H32NO13P/c1-11(19)17-13-15(21)14(20)12(10-18)30-16(13)28-8-6-26-4-2-25-3-5-27-7-9-29-31(22,23)24/h12-16,18,20-21H,2-10H2,1H3,(H,17,19)(H2,22,23,24)/t12-,13+,14-,15-,16+/m1/s1. The molecular formula is C16H32NO13P. The minimum atomic E-state index is -4.47. The first-order valence-corrected chi connectivity index (χ1v) is 11.1. The maximum Gasteiger partial charge on any atom is 0.469 e. The molecule has 0 spiro atoms. The number of carbonyl (C=O) groups is 1. The largest absolute Gasteiger partial charge is 0.469 e. The molecule has 31 heavy (non-hydrogen) atoms. The summed E-state index contributed by atoms with van der Waals surface area (Å²) < 4.78 is 41.2. The smallest absolute Gasteiger partial charge is 0.394 e. The van der Waals surface area contributed by atoms with Gasteiger partial charge in [0.05, 0.1) is 59.5 Å². The van der Waals surface area contributed by atoms with Crippen LogP contribution in [0.3, 0.4) is 0 Å². The number of phosphoric ester groups is 1. The summed E-state index contributed by atoms with van der Waals surface area (Å²) >= 11 is 0. The molecule has 1 fully saturated rings. The van der Waals surface area contributed by atoms with E-state index in [9.17, 15) is 24.7 Å². The second kappa shape index (κ2) is 15.2. The highest BCUT2D eigenvalue weighted by atomic mass is 31.2. The molecule has 14 nitrogen and oxygen atoms in total. The predicted octanol–water partition coefficient (Wildman–Crippen LogP) is -2.89. The lowest BCUT2D eigenvalue weighted by atomic mass is 9.97. The van der Waals surface area contributed by atoms with Crippen molar-refractivity contribution in [3.8, 4) is 0 Å². The van der Waals surface area contributed by atoms with Crippen molar-refractivity contribution in [3.63, 3.8) is 0 Å². The van der Waals surface area contributed by atoms with Gasteiger partial charge in [0.1, 0.15) is 24.4 Å². The van der Waals surface area contributed by atoms with E-state index in [1.165, 1.54) is 6.92 Å². The van der Waals surface area contributed by atoms with Crippen molar-refractivity contribution >= 4 is 13.7 Å². The normalized spacial score (nSPS) is 26.7. The van der Waals surface area contributed by atoms with E-state index in [2.05, 4.69) is 9.84 Å². The number of hydrogen-bond acceptors (Lipinski definition) is 11. The Hall–Kier alpha value is -0.740. The molecule has 0 radical (unpaired) electrons. The Bertz CT molecular complexity index is 548. The lowest BCUT2D eigenvalue weighted by molar-refractivity contribution is -0.272. The van der Waals surface area contributed by atoms with Crippen molar-refractivity contribution in [2.45, 2.75) is 37.6 Å². The molecule has 1 amide bonds. The molecule has 1 saturated heterocycles. The number of nitrogens with one attached hydrogen (secondary N) is 1. The van der Waals surface area contributed by atoms with E-state index in [-0.39, 0.29) is 52.9 Å². The quantitative estimate of drug-likeness (QED) is 0.0977. The first-order chi connectivity index (χ1) is 14.7. The van der Waals surface area contributed by atoms with Crippen molar-refractivity contribution in [3.05, 3.63) is 0 Å². The number of amides is 1. The number of rotatable bonds is 16. The Balaban J connectivity index is 2.11. The molecule has 1 aliphatic rings. The second-order valence-corrected chi connectivity index (χ2v) is 7.70. The molecule has 0 aromatic rings. The van der Waals surface area contributed by atoms with Gasteiger partial charge in [0.2, 0.25) is 5.91 Å². The minimum absolute atomic E-state index is 0.0217. The highest BCUT2D eigenvalue weighted by Crippen LogP contribution is 2.35. The van der Waals surface area contributed by atoms with Gasteiger partial charge in [-0.1, -0.05) is 0 Å². The number of ether oxygens (including phenoxy) is 5. The van der Waals surface area contributed by atoms with Crippen molar-refractivity contribution < 1.29 is 62.7 Å². The summed E-state index contributed by atoms with van der Waals surface area (Å²) in [6.45, 7) is 1.74. The second-order valence-electron chi connectivity index (χ2n) is 6.46. The van der Waals surface area contributed by atoms with Gasteiger partial charge in [-0.05, 0) is 0 Å². The Morgan fingerprint density at radius 1 is 0.935 bits per heavy atom. The van der Waals surface area contributed by atoms with Crippen LogP contribution in [0.15, 0.2) is 0 Å². The van der Waals surface area contributed by atoms with E-state index in [0.717, 1.165) is 0 Å². The molecule has 0 aromatic carbocycles. The van der Waals surface area contributed by atoms with Gasteiger partial charge >= 0.3 is 7.82 Å². The molecule has 184 valence electrons. The maximum absolute atomic E-state index is 11.3. The van der Waals surface area contributed by atoms with E-state index >= 15 is 0 Å². The molecule has 1 aliphatic heterocycles. The predicted molar refractivity (Wildman–Crippen MR) is 102 cm³/mol. The van der Waals surface area contributed by atoms with Gasteiger partial charge in [0.25, 0.3) is 0 Å². The van der Waals surface area contributed by atoms with Crippen LogP contribution in [-0.4, -0.2) is 121 Å². The van der Waals surface area contributed by atoms with Crippen molar-refractivity contribution in [1.82, 2.24) is 5.32 Å². The molecule has 0 aliphatic carbocycles. The van der Waals surface area contributed by atoms with E-state index in [1.807, 2.05) is 0 Å². The molecule has 6 N–H and O–H groups in total. The van der Waals surface area contributed by atoms with Gasteiger partial charge in [0, 0.05) is 6.92 Å². The Morgan fingerprint density at radius 3 is 1.94 bits per heavy atom. The molecule has 0 aromatic heterocycles. The zero-order chi connectivity index (χ0) is 23.3. The van der Waals surface area contributed by atoms with Gasteiger partial charge in [-0.2, -0.15) is 0 Å². The van der Waals surface area contributed by atoms with Gasteiger partial charge < -0.3 is 54.1 Å². The lowest BCUT2D eigenvalue weighted by Gasteiger charge is -2.42. The molecular weight excluding hydrogens is 445 g/mol. The van der Waals surface area contributed by atoms with Crippen molar-refractivity contribution in [1.29, 1.82) is 0 Å². The molecule has 1 rings (SSSR count). The summed E-state index contributed by atoms with van der Waals surface area (Å²) in [6.07, 6.45) is -4.88. The number of aliphatic hydroxyl groups excluding tert-OH is 3. The summed E-state index contributed by atoms with van der Waals surface area (Å²) in [7, 11) is -4.47. The molecule has 1 heterocycles. The van der Waals surface area contributed by atoms with Gasteiger partial charge in [-0.15, -0.1) is 0 Å². The van der Waals surface area contributed by atoms with Crippen LogP contribution in [0, 0.1) is 0 Å². The average molecular weight is 477 g/mol. The number of hydrogen-bond donors (Lipinski definition) is 6. The van der Waals surface area contributed by atoms with E-state index in [4.69, 9.17) is 33.5 Å². The highest BCUT2D eigenvalue weighted by Gasteiger charge is 2.45. The summed E-state index contributed by atoms with van der Waals surface area (Å²) in [5.41, 5.74) is 0. The lowest BCUT2D eigenvalue weighted by Crippen LogP contribution is -2.64. The number of carbonyl (C=O) groups excluding carboxylic acids is 1. The van der Waals surface area contributed by atoms with Crippen LogP contribution in [-0.2, 0) is 37.6 Å². The molecule has 0 saturated carbocycles. The first kappa shape index (κ1) is 28.3.